The molecule has 0 aromatic heterocycles. The molecular formula is C13H20N4O3. The highest BCUT2D eigenvalue weighted by Crippen LogP contribution is 2.35. The van der Waals surface area contributed by atoms with Gasteiger partial charge in [0.2, 0.25) is 0 Å². The molecule has 1 heterocycles. The van der Waals surface area contributed by atoms with E-state index in [-0.39, 0.29) is 17.2 Å². The van der Waals surface area contributed by atoms with Crippen molar-refractivity contribution in [3.63, 3.8) is 0 Å². The number of nitro groups is 1. The van der Waals surface area contributed by atoms with Gasteiger partial charge in [0.1, 0.15) is 11.4 Å². The number of aliphatic hydroxyl groups is 1. The SMILES string of the molecule is CNc1cccc(N2CCN(CCO)CC2)c1[N+](=O)[O-]. The molecule has 0 amide bonds. The molecule has 7 nitrogen and oxygen atoms in total. The summed E-state index contributed by atoms with van der Waals surface area (Å²) in [6, 6.07) is 5.33. The second-order valence-electron chi connectivity index (χ2n) is 4.73. The fourth-order valence-electron chi connectivity index (χ4n) is 2.53. The van der Waals surface area contributed by atoms with Crippen LogP contribution in [-0.4, -0.2) is 61.3 Å². The Balaban J connectivity index is 2.19. The van der Waals surface area contributed by atoms with E-state index in [0.29, 0.717) is 17.9 Å². The molecular weight excluding hydrogens is 260 g/mol. The van der Waals surface area contributed by atoms with Crippen LogP contribution in [0.4, 0.5) is 17.1 Å². The lowest BCUT2D eigenvalue weighted by Gasteiger charge is -2.35. The lowest BCUT2D eigenvalue weighted by atomic mass is 10.2. The number of rotatable bonds is 5. The third-order valence-corrected chi connectivity index (χ3v) is 3.60. The van der Waals surface area contributed by atoms with E-state index < -0.39 is 0 Å². The monoisotopic (exact) mass is 280 g/mol. The first-order valence-corrected chi connectivity index (χ1v) is 6.70. The number of nitro benzene ring substituents is 1. The standard InChI is InChI=1S/C13H20N4O3/c1-14-11-3-2-4-12(13(11)17(19)20)16-7-5-15(6-8-16)9-10-18/h2-4,14,18H,5-10H2,1H3. The van der Waals surface area contributed by atoms with Crippen molar-refractivity contribution < 1.29 is 10.0 Å². The van der Waals surface area contributed by atoms with Crippen molar-refractivity contribution in [3.8, 4) is 0 Å². The average Bonchev–Trinajstić information content (AvgIpc) is 2.47. The van der Waals surface area contributed by atoms with Crippen LogP contribution in [0.3, 0.4) is 0 Å². The van der Waals surface area contributed by atoms with E-state index in [1.54, 1.807) is 19.2 Å². The van der Waals surface area contributed by atoms with Crippen molar-refractivity contribution >= 4 is 17.1 Å². The lowest BCUT2D eigenvalue weighted by Crippen LogP contribution is -2.47. The summed E-state index contributed by atoms with van der Waals surface area (Å²) in [4.78, 5) is 15.2. The molecule has 1 aromatic rings. The van der Waals surface area contributed by atoms with Gasteiger partial charge in [0, 0.05) is 39.8 Å². The molecule has 1 aromatic carbocycles. The van der Waals surface area contributed by atoms with Crippen LogP contribution in [0.25, 0.3) is 0 Å². The van der Waals surface area contributed by atoms with E-state index in [0.717, 1.165) is 26.2 Å². The molecule has 7 heteroatoms. The van der Waals surface area contributed by atoms with E-state index in [4.69, 9.17) is 5.11 Å². The molecule has 2 rings (SSSR count). The summed E-state index contributed by atoms with van der Waals surface area (Å²) in [5.41, 5.74) is 1.32. The van der Waals surface area contributed by atoms with Crippen LogP contribution in [0.15, 0.2) is 18.2 Å². The van der Waals surface area contributed by atoms with Crippen molar-refractivity contribution in [2.45, 2.75) is 0 Å². The Morgan fingerprint density at radius 3 is 2.60 bits per heavy atom. The Morgan fingerprint density at radius 2 is 2.05 bits per heavy atom. The number of β-amino-alcohol motifs (C(OH)–C–C–N with tert-alkyl or cyclic N) is 1. The molecule has 0 bridgehead atoms. The van der Waals surface area contributed by atoms with E-state index >= 15 is 0 Å². The van der Waals surface area contributed by atoms with Gasteiger partial charge in [0.25, 0.3) is 0 Å². The molecule has 20 heavy (non-hydrogen) atoms. The van der Waals surface area contributed by atoms with Crippen LogP contribution in [0.5, 0.6) is 0 Å². The molecule has 1 aliphatic heterocycles. The molecule has 0 unspecified atom stereocenters. The molecule has 2 N–H and O–H groups in total. The van der Waals surface area contributed by atoms with E-state index in [9.17, 15) is 10.1 Å². The van der Waals surface area contributed by atoms with Gasteiger partial charge in [-0.25, -0.2) is 0 Å². The minimum atomic E-state index is -0.332. The molecule has 110 valence electrons. The van der Waals surface area contributed by atoms with Gasteiger partial charge in [-0.05, 0) is 12.1 Å². The second kappa shape index (κ2) is 6.53. The van der Waals surface area contributed by atoms with E-state index in [1.807, 2.05) is 11.0 Å². The summed E-state index contributed by atoms with van der Waals surface area (Å²) in [6.45, 7) is 3.88. The zero-order valence-electron chi connectivity index (χ0n) is 11.6. The fraction of sp³-hybridized carbons (Fsp3) is 0.538. The fourth-order valence-corrected chi connectivity index (χ4v) is 2.53. The number of nitrogens with zero attached hydrogens (tertiary/aromatic N) is 3. The number of para-hydroxylation sites is 1. The number of piperazine rings is 1. The third kappa shape index (κ3) is 3.00. The topological polar surface area (TPSA) is 81.9 Å². The minimum Gasteiger partial charge on any atom is -0.395 e. The van der Waals surface area contributed by atoms with Crippen LogP contribution in [-0.2, 0) is 0 Å². The summed E-state index contributed by atoms with van der Waals surface area (Å²) in [5.74, 6) is 0. The van der Waals surface area contributed by atoms with Gasteiger partial charge in [-0.2, -0.15) is 0 Å². The highest BCUT2D eigenvalue weighted by atomic mass is 16.6. The quantitative estimate of drug-likeness (QED) is 0.612. The average molecular weight is 280 g/mol. The van der Waals surface area contributed by atoms with Crippen molar-refractivity contribution in [3.05, 3.63) is 28.3 Å². The number of nitrogens with one attached hydrogen (secondary N) is 1. The molecule has 0 radical (unpaired) electrons. The molecule has 1 aliphatic rings. The van der Waals surface area contributed by atoms with Gasteiger partial charge in [0.15, 0.2) is 0 Å². The van der Waals surface area contributed by atoms with Gasteiger partial charge >= 0.3 is 5.69 Å². The number of hydrogen-bond donors (Lipinski definition) is 2. The summed E-state index contributed by atoms with van der Waals surface area (Å²) in [6.07, 6.45) is 0. The molecule has 0 saturated carbocycles. The Kier molecular flexibility index (Phi) is 4.75. The van der Waals surface area contributed by atoms with E-state index in [2.05, 4.69) is 10.2 Å². The maximum atomic E-state index is 11.3. The normalized spacial score (nSPS) is 16.2. The molecule has 1 fully saturated rings. The molecule has 1 saturated heterocycles. The van der Waals surface area contributed by atoms with Gasteiger partial charge in [-0.1, -0.05) is 6.07 Å². The highest BCUT2D eigenvalue weighted by Gasteiger charge is 2.25. The maximum Gasteiger partial charge on any atom is 0.315 e. The molecule has 0 aliphatic carbocycles. The Labute approximate surface area is 117 Å². The van der Waals surface area contributed by atoms with Crippen LogP contribution < -0.4 is 10.2 Å². The van der Waals surface area contributed by atoms with Crippen LogP contribution in [0.1, 0.15) is 0 Å². The highest BCUT2D eigenvalue weighted by molar-refractivity contribution is 5.77. The largest absolute Gasteiger partial charge is 0.395 e. The summed E-state index contributed by atoms with van der Waals surface area (Å²) in [5, 5.41) is 23.1. The van der Waals surface area contributed by atoms with Crippen LogP contribution >= 0.6 is 0 Å². The third-order valence-electron chi connectivity index (χ3n) is 3.60. The zero-order valence-corrected chi connectivity index (χ0v) is 11.6. The lowest BCUT2D eigenvalue weighted by molar-refractivity contribution is -0.383. The summed E-state index contributed by atoms with van der Waals surface area (Å²) >= 11 is 0. The van der Waals surface area contributed by atoms with Gasteiger partial charge in [-0.3, -0.25) is 15.0 Å². The van der Waals surface area contributed by atoms with E-state index in [1.165, 1.54) is 0 Å². The first-order valence-electron chi connectivity index (χ1n) is 6.70. The van der Waals surface area contributed by atoms with Gasteiger partial charge in [0.05, 0.1) is 11.5 Å². The summed E-state index contributed by atoms with van der Waals surface area (Å²) < 4.78 is 0. The number of aliphatic hydroxyl groups excluding tert-OH is 1. The van der Waals surface area contributed by atoms with Crippen molar-refractivity contribution in [2.75, 3.05) is 56.6 Å². The molecule has 0 spiro atoms. The summed E-state index contributed by atoms with van der Waals surface area (Å²) in [7, 11) is 1.69. The zero-order chi connectivity index (χ0) is 14.5. The first-order chi connectivity index (χ1) is 9.67. The first kappa shape index (κ1) is 14.5. The van der Waals surface area contributed by atoms with Gasteiger partial charge < -0.3 is 15.3 Å². The van der Waals surface area contributed by atoms with Crippen molar-refractivity contribution in [1.82, 2.24) is 4.90 Å². The number of benzene rings is 1. The van der Waals surface area contributed by atoms with Crippen LogP contribution in [0.2, 0.25) is 0 Å². The van der Waals surface area contributed by atoms with Crippen LogP contribution in [0, 0.1) is 10.1 Å². The Bertz CT molecular complexity index is 473. The van der Waals surface area contributed by atoms with Gasteiger partial charge in [-0.15, -0.1) is 0 Å². The number of anilines is 2. The molecule has 0 atom stereocenters. The minimum absolute atomic E-state index is 0.130. The maximum absolute atomic E-state index is 11.3. The van der Waals surface area contributed by atoms with Crippen molar-refractivity contribution in [1.29, 1.82) is 0 Å². The number of hydrogen-bond acceptors (Lipinski definition) is 6. The predicted molar refractivity (Wildman–Crippen MR) is 78.4 cm³/mol. The predicted octanol–water partition coefficient (Wildman–Crippen LogP) is 0.751. The Hall–Kier alpha value is -1.86. The Morgan fingerprint density at radius 1 is 1.35 bits per heavy atom. The van der Waals surface area contributed by atoms with Crippen molar-refractivity contribution in [2.24, 2.45) is 0 Å². The second-order valence-corrected chi connectivity index (χ2v) is 4.73. The smallest absolute Gasteiger partial charge is 0.315 e.